The molecule has 0 aliphatic rings. The maximum atomic E-state index is 13.6. The van der Waals surface area contributed by atoms with E-state index in [1.54, 1.807) is 12.3 Å². The van der Waals surface area contributed by atoms with Crippen molar-refractivity contribution in [2.75, 3.05) is 11.9 Å². The van der Waals surface area contributed by atoms with Crippen LogP contribution in [-0.2, 0) is 16.0 Å². The van der Waals surface area contributed by atoms with E-state index < -0.39 is 11.6 Å². The van der Waals surface area contributed by atoms with Gasteiger partial charge in [-0.3, -0.25) is 4.79 Å². The quantitative estimate of drug-likeness (QED) is 0.843. The lowest BCUT2D eigenvalue weighted by Crippen LogP contribution is -2.07. The zero-order valence-electron chi connectivity index (χ0n) is 11.0. The van der Waals surface area contributed by atoms with Crippen LogP contribution in [0.2, 0.25) is 5.02 Å². The summed E-state index contributed by atoms with van der Waals surface area (Å²) in [5.74, 6) is -1.97. The van der Waals surface area contributed by atoms with E-state index in [1.165, 1.54) is 11.3 Å². The summed E-state index contributed by atoms with van der Waals surface area (Å²) in [5.41, 5.74) is 0.440. The van der Waals surface area contributed by atoms with Gasteiger partial charge in [-0.1, -0.05) is 11.6 Å². The molecular weight excluding hydrogens is 322 g/mol. The average Bonchev–Trinajstić information content (AvgIpc) is 2.81. The minimum absolute atomic E-state index is 0.0334. The van der Waals surface area contributed by atoms with Gasteiger partial charge < -0.3 is 10.1 Å². The maximum Gasteiger partial charge on any atom is 0.311 e. The molecule has 0 saturated heterocycles. The third kappa shape index (κ3) is 4.12. The number of aromatic nitrogens is 1. The molecule has 21 heavy (non-hydrogen) atoms. The summed E-state index contributed by atoms with van der Waals surface area (Å²) in [6, 6.07) is 1.72. The SMILES string of the molecule is CCOC(=O)Cc1csc(Nc2c(F)cc(F)cc2Cl)n1. The Labute approximate surface area is 128 Å². The summed E-state index contributed by atoms with van der Waals surface area (Å²) in [5, 5.41) is 4.58. The van der Waals surface area contributed by atoms with Gasteiger partial charge in [-0.15, -0.1) is 11.3 Å². The van der Waals surface area contributed by atoms with Crippen LogP contribution in [0.3, 0.4) is 0 Å². The maximum absolute atomic E-state index is 13.6. The summed E-state index contributed by atoms with van der Waals surface area (Å²) in [7, 11) is 0. The standard InChI is InChI=1S/C13H11ClF2N2O2S/c1-2-20-11(19)5-8-6-21-13(17-8)18-12-9(14)3-7(15)4-10(12)16/h3-4,6H,2,5H2,1H3,(H,17,18). The van der Waals surface area contributed by atoms with E-state index in [0.29, 0.717) is 17.4 Å². The number of ether oxygens (including phenoxy) is 1. The molecule has 0 fully saturated rings. The van der Waals surface area contributed by atoms with Crippen molar-refractivity contribution in [3.05, 3.63) is 39.9 Å². The number of carbonyl (C=O) groups is 1. The monoisotopic (exact) mass is 332 g/mol. The zero-order valence-corrected chi connectivity index (χ0v) is 12.5. The second kappa shape index (κ2) is 6.82. The molecule has 0 aliphatic carbocycles. The highest BCUT2D eigenvalue weighted by Gasteiger charge is 2.13. The fourth-order valence-electron chi connectivity index (χ4n) is 1.57. The van der Waals surface area contributed by atoms with E-state index >= 15 is 0 Å². The first kappa shape index (κ1) is 15.7. The number of benzene rings is 1. The molecule has 1 aromatic carbocycles. The second-order valence-electron chi connectivity index (χ2n) is 4.00. The van der Waals surface area contributed by atoms with Crippen LogP contribution in [0, 0.1) is 11.6 Å². The van der Waals surface area contributed by atoms with Crippen molar-refractivity contribution >= 4 is 39.7 Å². The van der Waals surface area contributed by atoms with E-state index in [0.717, 1.165) is 12.1 Å². The Bertz CT molecular complexity index is 640. The van der Waals surface area contributed by atoms with Crippen LogP contribution in [0.1, 0.15) is 12.6 Å². The third-order valence-corrected chi connectivity index (χ3v) is 3.53. The number of carbonyl (C=O) groups excluding carboxylic acids is 1. The first-order chi connectivity index (χ1) is 9.99. The average molecular weight is 333 g/mol. The molecule has 2 aromatic rings. The molecule has 0 bridgehead atoms. The lowest BCUT2D eigenvalue weighted by Gasteiger charge is -2.06. The van der Waals surface area contributed by atoms with Crippen LogP contribution in [0.5, 0.6) is 0 Å². The van der Waals surface area contributed by atoms with E-state index in [2.05, 4.69) is 10.3 Å². The Balaban J connectivity index is 2.11. The molecule has 4 nitrogen and oxygen atoms in total. The molecule has 0 atom stereocenters. The number of hydrogen-bond donors (Lipinski definition) is 1. The Kier molecular flexibility index (Phi) is 5.08. The van der Waals surface area contributed by atoms with Crippen LogP contribution in [-0.4, -0.2) is 17.6 Å². The van der Waals surface area contributed by atoms with Gasteiger partial charge >= 0.3 is 5.97 Å². The van der Waals surface area contributed by atoms with E-state index in [1.807, 2.05) is 0 Å². The molecule has 0 aliphatic heterocycles. The molecule has 0 radical (unpaired) electrons. The normalized spacial score (nSPS) is 10.5. The van der Waals surface area contributed by atoms with E-state index in [4.69, 9.17) is 16.3 Å². The number of nitrogens with zero attached hydrogens (tertiary/aromatic N) is 1. The largest absolute Gasteiger partial charge is 0.466 e. The molecule has 112 valence electrons. The van der Waals surface area contributed by atoms with Gasteiger partial charge in [-0.05, 0) is 13.0 Å². The summed E-state index contributed by atoms with van der Waals surface area (Å²) in [6.07, 6.45) is 0.0334. The summed E-state index contributed by atoms with van der Waals surface area (Å²) < 4.78 is 31.4. The Hall–Kier alpha value is -1.73. The van der Waals surface area contributed by atoms with Crippen molar-refractivity contribution in [3.63, 3.8) is 0 Å². The first-order valence-corrected chi connectivity index (χ1v) is 7.27. The topological polar surface area (TPSA) is 51.2 Å². The van der Waals surface area contributed by atoms with E-state index in [-0.39, 0.29) is 23.1 Å². The lowest BCUT2D eigenvalue weighted by atomic mass is 10.3. The number of halogens is 3. The number of rotatable bonds is 5. The molecule has 0 saturated carbocycles. The molecule has 8 heteroatoms. The van der Waals surface area contributed by atoms with Crippen LogP contribution in [0.4, 0.5) is 19.6 Å². The highest BCUT2D eigenvalue weighted by molar-refractivity contribution is 7.13. The van der Waals surface area contributed by atoms with Gasteiger partial charge in [-0.2, -0.15) is 0 Å². The van der Waals surface area contributed by atoms with E-state index in [9.17, 15) is 13.6 Å². The smallest absolute Gasteiger partial charge is 0.311 e. The molecular formula is C13H11ClF2N2O2S. The predicted octanol–water partition coefficient (Wildman–Crippen LogP) is 3.92. The van der Waals surface area contributed by atoms with Crippen molar-refractivity contribution in [2.24, 2.45) is 0 Å². The lowest BCUT2D eigenvalue weighted by molar-refractivity contribution is -0.142. The van der Waals surface area contributed by atoms with Crippen LogP contribution >= 0.6 is 22.9 Å². The molecule has 1 heterocycles. The fourth-order valence-corrected chi connectivity index (χ4v) is 2.53. The summed E-state index contributed by atoms with van der Waals surface area (Å²) >= 11 is 6.95. The predicted molar refractivity (Wildman–Crippen MR) is 77.1 cm³/mol. The number of esters is 1. The Morgan fingerprint density at radius 3 is 2.90 bits per heavy atom. The minimum Gasteiger partial charge on any atom is -0.466 e. The summed E-state index contributed by atoms with van der Waals surface area (Å²) in [6.45, 7) is 2.01. The molecule has 1 N–H and O–H groups in total. The van der Waals surface area contributed by atoms with Crippen LogP contribution in [0.25, 0.3) is 0 Å². The van der Waals surface area contributed by atoms with Gasteiger partial charge in [0, 0.05) is 11.4 Å². The van der Waals surface area contributed by atoms with Gasteiger partial charge in [0.2, 0.25) is 0 Å². The Morgan fingerprint density at radius 2 is 2.24 bits per heavy atom. The molecule has 0 amide bonds. The third-order valence-electron chi connectivity index (χ3n) is 2.42. The van der Waals surface area contributed by atoms with Gasteiger partial charge in [0.1, 0.15) is 5.82 Å². The van der Waals surface area contributed by atoms with Crippen molar-refractivity contribution in [1.29, 1.82) is 0 Å². The number of anilines is 2. The highest BCUT2D eigenvalue weighted by Crippen LogP contribution is 2.30. The van der Waals surface area contributed by atoms with Crippen molar-refractivity contribution in [2.45, 2.75) is 13.3 Å². The molecule has 0 spiro atoms. The van der Waals surface area contributed by atoms with Crippen LogP contribution < -0.4 is 5.32 Å². The van der Waals surface area contributed by atoms with Crippen molar-refractivity contribution in [1.82, 2.24) is 4.98 Å². The van der Waals surface area contributed by atoms with Gasteiger partial charge in [-0.25, -0.2) is 13.8 Å². The molecule has 2 rings (SSSR count). The zero-order chi connectivity index (χ0) is 15.4. The summed E-state index contributed by atoms with van der Waals surface area (Å²) in [4.78, 5) is 15.4. The number of nitrogens with one attached hydrogen (secondary N) is 1. The highest BCUT2D eigenvalue weighted by atomic mass is 35.5. The van der Waals surface area contributed by atoms with Crippen molar-refractivity contribution < 1.29 is 18.3 Å². The van der Waals surface area contributed by atoms with Gasteiger partial charge in [0.05, 0.1) is 29.4 Å². The molecule has 0 unspecified atom stereocenters. The minimum atomic E-state index is -0.817. The molecule has 1 aromatic heterocycles. The number of hydrogen-bond acceptors (Lipinski definition) is 5. The Morgan fingerprint density at radius 1 is 1.48 bits per heavy atom. The number of thiazole rings is 1. The van der Waals surface area contributed by atoms with Gasteiger partial charge in [0.25, 0.3) is 0 Å². The first-order valence-electron chi connectivity index (χ1n) is 6.01. The second-order valence-corrected chi connectivity index (χ2v) is 5.26. The van der Waals surface area contributed by atoms with Crippen molar-refractivity contribution in [3.8, 4) is 0 Å². The fraction of sp³-hybridized carbons (Fsp3) is 0.231. The van der Waals surface area contributed by atoms with Gasteiger partial charge in [0.15, 0.2) is 10.9 Å². The van der Waals surface area contributed by atoms with Crippen LogP contribution in [0.15, 0.2) is 17.5 Å².